The highest BCUT2D eigenvalue weighted by Crippen LogP contribution is 2.31. The van der Waals surface area contributed by atoms with Crippen LogP contribution in [0, 0.1) is 9.62 Å². The predicted octanol–water partition coefficient (Wildman–Crippen LogP) is 4.20. The largest absolute Gasteiger partial charge is 0.324 e. The third kappa shape index (κ3) is 3.32. The first-order chi connectivity index (χ1) is 12.3. The van der Waals surface area contributed by atoms with Crippen molar-refractivity contribution >= 4 is 45.2 Å². The van der Waals surface area contributed by atoms with E-state index in [1.807, 2.05) is 16.9 Å². The number of hydrogen-bond acceptors (Lipinski definition) is 4. The number of rotatable bonds is 3. The lowest BCUT2D eigenvalue weighted by atomic mass is 10.1. The fraction of sp³-hybridized carbons (Fsp3) is 0.368. The van der Waals surface area contributed by atoms with Crippen LogP contribution in [-0.2, 0) is 10.3 Å². The second kappa shape index (κ2) is 6.29. The molecule has 3 heterocycles. The highest BCUT2D eigenvalue weighted by molar-refractivity contribution is 14.1. The van der Waals surface area contributed by atoms with E-state index in [1.54, 1.807) is 12.4 Å². The third-order valence-electron chi connectivity index (χ3n) is 4.40. The standard InChI is InChI=1S/C19H20IN5O/c1-19(2,3)25-17-15(16(20)24-25)7-13(9-22-17)12-6-14(10-21-8-12)23-18(26)11-4-5-11/h6-11H,4-5H2,1-3H3,(H,23,26). The smallest absolute Gasteiger partial charge is 0.227 e. The average molecular weight is 461 g/mol. The Morgan fingerprint density at radius 2 is 1.92 bits per heavy atom. The second-order valence-corrected chi connectivity index (χ2v) is 8.72. The summed E-state index contributed by atoms with van der Waals surface area (Å²) in [4.78, 5) is 20.9. The minimum absolute atomic E-state index is 0.0820. The van der Waals surface area contributed by atoms with E-state index in [1.165, 1.54) is 0 Å². The van der Waals surface area contributed by atoms with Gasteiger partial charge in [-0.3, -0.25) is 9.78 Å². The van der Waals surface area contributed by atoms with Gasteiger partial charge >= 0.3 is 0 Å². The van der Waals surface area contributed by atoms with Crippen molar-refractivity contribution < 1.29 is 4.79 Å². The second-order valence-electron chi connectivity index (χ2n) is 7.69. The lowest BCUT2D eigenvalue weighted by Crippen LogP contribution is -2.23. The fourth-order valence-corrected chi connectivity index (χ4v) is 3.46. The van der Waals surface area contributed by atoms with Gasteiger partial charge in [0.25, 0.3) is 0 Å². The fourth-order valence-electron chi connectivity index (χ4n) is 2.85. The van der Waals surface area contributed by atoms with E-state index in [9.17, 15) is 4.79 Å². The first kappa shape index (κ1) is 17.4. The summed E-state index contributed by atoms with van der Waals surface area (Å²) < 4.78 is 2.88. The Morgan fingerprint density at radius 3 is 2.62 bits per heavy atom. The number of anilines is 1. The van der Waals surface area contributed by atoms with Gasteiger partial charge in [-0.2, -0.15) is 5.10 Å². The maximum Gasteiger partial charge on any atom is 0.227 e. The number of pyridine rings is 2. The number of nitrogens with zero attached hydrogens (tertiary/aromatic N) is 4. The molecule has 0 atom stereocenters. The Labute approximate surface area is 165 Å². The van der Waals surface area contributed by atoms with E-state index in [-0.39, 0.29) is 17.4 Å². The van der Waals surface area contributed by atoms with Gasteiger partial charge in [-0.05, 0) is 68.3 Å². The average Bonchev–Trinajstić information content (AvgIpc) is 3.39. The van der Waals surface area contributed by atoms with Crippen molar-refractivity contribution in [3.63, 3.8) is 0 Å². The van der Waals surface area contributed by atoms with Crippen LogP contribution in [-0.4, -0.2) is 25.7 Å². The zero-order valence-electron chi connectivity index (χ0n) is 15.0. The lowest BCUT2D eigenvalue weighted by Gasteiger charge is -2.19. The van der Waals surface area contributed by atoms with Crippen molar-refractivity contribution in [3.8, 4) is 11.1 Å². The van der Waals surface area contributed by atoms with Crippen molar-refractivity contribution in [2.45, 2.75) is 39.2 Å². The van der Waals surface area contributed by atoms with Gasteiger partial charge in [0.2, 0.25) is 5.91 Å². The number of carbonyl (C=O) groups is 1. The first-order valence-electron chi connectivity index (χ1n) is 8.64. The van der Waals surface area contributed by atoms with Crippen molar-refractivity contribution in [2.24, 2.45) is 5.92 Å². The van der Waals surface area contributed by atoms with Crippen molar-refractivity contribution in [1.82, 2.24) is 19.7 Å². The Bertz CT molecular complexity index is 1000. The summed E-state index contributed by atoms with van der Waals surface area (Å²) in [6, 6.07) is 4.03. The van der Waals surface area contributed by atoms with Crippen molar-refractivity contribution in [3.05, 3.63) is 34.4 Å². The van der Waals surface area contributed by atoms with Gasteiger partial charge in [-0.25, -0.2) is 9.67 Å². The third-order valence-corrected chi connectivity index (χ3v) is 5.20. The molecule has 1 saturated carbocycles. The van der Waals surface area contributed by atoms with E-state index in [0.29, 0.717) is 0 Å². The summed E-state index contributed by atoms with van der Waals surface area (Å²) >= 11 is 2.25. The molecule has 1 amide bonds. The monoisotopic (exact) mass is 461 g/mol. The van der Waals surface area contributed by atoms with Gasteiger partial charge in [0.05, 0.1) is 22.8 Å². The summed E-state index contributed by atoms with van der Waals surface area (Å²) in [5, 5.41) is 8.61. The zero-order chi connectivity index (χ0) is 18.5. The van der Waals surface area contributed by atoms with Crippen LogP contribution in [0.5, 0.6) is 0 Å². The highest BCUT2D eigenvalue weighted by Gasteiger charge is 2.29. The molecule has 134 valence electrons. The van der Waals surface area contributed by atoms with Gasteiger partial charge in [0.15, 0.2) is 5.65 Å². The quantitative estimate of drug-likeness (QED) is 0.594. The number of aromatic nitrogens is 4. The SMILES string of the molecule is CC(C)(C)n1nc(I)c2cc(-c3cncc(NC(=O)C4CC4)c3)cnc21. The minimum Gasteiger partial charge on any atom is -0.324 e. The first-order valence-corrected chi connectivity index (χ1v) is 9.72. The molecular formula is C19H20IN5O. The summed E-state index contributed by atoms with van der Waals surface area (Å²) in [5.41, 5.74) is 3.34. The summed E-state index contributed by atoms with van der Waals surface area (Å²) in [7, 11) is 0. The van der Waals surface area contributed by atoms with Gasteiger partial charge < -0.3 is 5.32 Å². The molecule has 3 aromatic heterocycles. The molecule has 0 aliphatic heterocycles. The molecule has 26 heavy (non-hydrogen) atoms. The summed E-state index contributed by atoms with van der Waals surface area (Å²) in [6.07, 6.45) is 7.27. The number of hydrogen-bond donors (Lipinski definition) is 1. The van der Waals surface area contributed by atoms with Gasteiger partial charge in [0.1, 0.15) is 3.70 Å². The number of amides is 1. The number of fused-ring (bicyclic) bond motifs is 1. The number of carbonyl (C=O) groups excluding carboxylic acids is 1. The Morgan fingerprint density at radius 1 is 1.19 bits per heavy atom. The van der Waals surface area contributed by atoms with Crippen LogP contribution < -0.4 is 5.32 Å². The van der Waals surface area contributed by atoms with Crippen LogP contribution in [0.1, 0.15) is 33.6 Å². The predicted molar refractivity (Wildman–Crippen MR) is 110 cm³/mol. The molecule has 4 rings (SSSR count). The molecule has 0 spiro atoms. The summed E-state index contributed by atoms with van der Waals surface area (Å²) in [5.74, 6) is 0.250. The maximum absolute atomic E-state index is 12.0. The Hall–Kier alpha value is -2.03. The zero-order valence-corrected chi connectivity index (χ0v) is 17.1. The number of halogens is 1. The van der Waals surface area contributed by atoms with E-state index in [0.717, 1.165) is 44.4 Å². The topological polar surface area (TPSA) is 72.7 Å². The van der Waals surface area contributed by atoms with Gasteiger partial charge in [-0.15, -0.1) is 0 Å². The molecule has 0 bridgehead atoms. The molecule has 0 aromatic carbocycles. The molecule has 6 nitrogen and oxygen atoms in total. The minimum atomic E-state index is -0.134. The normalized spacial score (nSPS) is 14.6. The molecular weight excluding hydrogens is 441 g/mol. The van der Waals surface area contributed by atoms with Crippen LogP contribution in [0.4, 0.5) is 5.69 Å². The Balaban J connectivity index is 1.70. The van der Waals surface area contributed by atoms with Gasteiger partial charge in [0, 0.05) is 29.4 Å². The van der Waals surface area contributed by atoms with E-state index in [2.05, 4.69) is 69.8 Å². The van der Waals surface area contributed by atoms with E-state index < -0.39 is 0 Å². The van der Waals surface area contributed by atoms with Crippen LogP contribution in [0.15, 0.2) is 30.7 Å². The molecule has 7 heteroatoms. The molecule has 1 aliphatic carbocycles. The number of nitrogens with one attached hydrogen (secondary N) is 1. The van der Waals surface area contributed by atoms with Crippen LogP contribution >= 0.6 is 22.6 Å². The summed E-state index contributed by atoms with van der Waals surface area (Å²) in [6.45, 7) is 6.34. The highest BCUT2D eigenvalue weighted by atomic mass is 127. The molecule has 1 fully saturated rings. The van der Waals surface area contributed by atoms with E-state index >= 15 is 0 Å². The van der Waals surface area contributed by atoms with E-state index in [4.69, 9.17) is 0 Å². The molecule has 0 saturated heterocycles. The maximum atomic E-state index is 12.0. The van der Waals surface area contributed by atoms with Crippen molar-refractivity contribution in [1.29, 1.82) is 0 Å². The van der Waals surface area contributed by atoms with Crippen LogP contribution in [0.2, 0.25) is 0 Å². The van der Waals surface area contributed by atoms with Crippen LogP contribution in [0.3, 0.4) is 0 Å². The molecule has 1 N–H and O–H groups in total. The molecule has 0 radical (unpaired) electrons. The molecule has 0 unspecified atom stereocenters. The molecule has 3 aromatic rings. The van der Waals surface area contributed by atoms with Gasteiger partial charge in [-0.1, -0.05) is 0 Å². The van der Waals surface area contributed by atoms with Crippen LogP contribution in [0.25, 0.3) is 22.2 Å². The van der Waals surface area contributed by atoms with Crippen molar-refractivity contribution in [2.75, 3.05) is 5.32 Å². The molecule has 1 aliphatic rings. The lowest BCUT2D eigenvalue weighted by molar-refractivity contribution is -0.117. The Kier molecular flexibility index (Phi) is 4.21.